The fourth-order valence-electron chi connectivity index (χ4n) is 2.82. The van der Waals surface area contributed by atoms with Crippen molar-refractivity contribution in [2.24, 2.45) is 0 Å². The molecule has 3 rings (SSSR count). The smallest absolute Gasteiger partial charge is 0.244 e. The summed E-state index contributed by atoms with van der Waals surface area (Å²) in [6, 6.07) is 17.9. The molecular weight excluding hydrogens is 392 g/mol. The van der Waals surface area contributed by atoms with Gasteiger partial charge in [-0.2, -0.15) is 4.98 Å². The average molecular weight is 413 g/mol. The van der Waals surface area contributed by atoms with Crippen molar-refractivity contribution in [3.05, 3.63) is 71.4 Å². The maximum atomic E-state index is 12.5. The van der Waals surface area contributed by atoms with Crippen molar-refractivity contribution in [2.45, 2.75) is 13.5 Å². The van der Waals surface area contributed by atoms with Crippen LogP contribution in [0.5, 0.6) is 23.1 Å². The monoisotopic (exact) mass is 412 g/mol. The zero-order valence-electron chi connectivity index (χ0n) is 16.4. The Morgan fingerprint density at radius 2 is 1.66 bits per heavy atom. The van der Waals surface area contributed by atoms with Gasteiger partial charge in [0.2, 0.25) is 11.8 Å². The van der Waals surface area contributed by atoms with Crippen LogP contribution in [0.1, 0.15) is 12.5 Å². The quantitative estimate of drug-likeness (QED) is 0.505. The maximum absolute atomic E-state index is 12.5. The Morgan fingerprint density at radius 3 is 2.31 bits per heavy atom. The lowest BCUT2D eigenvalue weighted by Gasteiger charge is -2.24. The van der Waals surface area contributed by atoms with Crippen LogP contribution in [0.4, 0.5) is 5.69 Å². The predicted octanol–water partition coefficient (Wildman–Crippen LogP) is 5.10. The number of carbonyl (C=O) groups excluding carboxylic acids is 1. The highest BCUT2D eigenvalue weighted by molar-refractivity contribution is 6.29. The van der Waals surface area contributed by atoms with Crippen LogP contribution in [0.3, 0.4) is 0 Å². The summed E-state index contributed by atoms with van der Waals surface area (Å²) in [4.78, 5) is 18.3. The first-order chi connectivity index (χ1) is 14.0. The van der Waals surface area contributed by atoms with Gasteiger partial charge in [-0.25, -0.2) is 0 Å². The Labute approximate surface area is 174 Å². The number of benzene rings is 2. The molecule has 0 N–H and O–H groups in total. The molecule has 0 saturated carbocycles. The third kappa shape index (κ3) is 4.97. The number of pyridine rings is 1. The Bertz CT molecular complexity index is 992. The van der Waals surface area contributed by atoms with Gasteiger partial charge in [0.25, 0.3) is 0 Å². The fraction of sp³-hybridized carbons (Fsp3) is 0.182. The van der Waals surface area contributed by atoms with Gasteiger partial charge >= 0.3 is 0 Å². The van der Waals surface area contributed by atoms with E-state index in [-0.39, 0.29) is 16.9 Å². The highest BCUT2D eigenvalue weighted by Crippen LogP contribution is 2.34. The molecule has 7 heteroatoms. The number of nitrogens with zero attached hydrogens (tertiary/aromatic N) is 2. The number of para-hydroxylation sites is 1. The van der Waals surface area contributed by atoms with Crippen molar-refractivity contribution in [1.82, 2.24) is 4.98 Å². The van der Waals surface area contributed by atoms with E-state index in [1.54, 1.807) is 55.5 Å². The Morgan fingerprint density at radius 1 is 0.966 bits per heavy atom. The molecular formula is C22H21ClN2O4. The van der Waals surface area contributed by atoms with Gasteiger partial charge < -0.3 is 19.1 Å². The summed E-state index contributed by atoms with van der Waals surface area (Å²) in [5, 5.41) is 0.262. The summed E-state index contributed by atoms with van der Waals surface area (Å²) in [6.45, 7) is 1.78. The standard InChI is InChI=1S/C22H21ClN2O4/c1-15(26)25(14-16-6-4-5-7-20(16)28-3)19-12-13-21(23)24-22(19)29-18-10-8-17(27-2)9-11-18/h4-13H,14H2,1-3H3. The van der Waals surface area contributed by atoms with Crippen LogP contribution >= 0.6 is 11.6 Å². The largest absolute Gasteiger partial charge is 0.497 e. The molecule has 150 valence electrons. The molecule has 0 atom stereocenters. The number of carbonyl (C=O) groups is 1. The first kappa shape index (κ1) is 20.5. The van der Waals surface area contributed by atoms with Crippen LogP contribution in [0.25, 0.3) is 0 Å². The maximum Gasteiger partial charge on any atom is 0.244 e. The topological polar surface area (TPSA) is 60.9 Å². The molecule has 2 aromatic carbocycles. The first-order valence-corrected chi connectivity index (χ1v) is 9.28. The van der Waals surface area contributed by atoms with E-state index in [0.29, 0.717) is 29.5 Å². The molecule has 1 heterocycles. The van der Waals surface area contributed by atoms with Crippen molar-refractivity contribution in [3.8, 4) is 23.1 Å². The zero-order chi connectivity index (χ0) is 20.8. The Kier molecular flexibility index (Phi) is 6.57. The Balaban J connectivity index is 1.96. The van der Waals surface area contributed by atoms with Gasteiger partial charge in [-0.05, 0) is 42.5 Å². The van der Waals surface area contributed by atoms with E-state index in [1.807, 2.05) is 24.3 Å². The number of methoxy groups -OCH3 is 2. The lowest BCUT2D eigenvalue weighted by Crippen LogP contribution is -2.28. The van der Waals surface area contributed by atoms with E-state index in [4.69, 9.17) is 25.8 Å². The van der Waals surface area contributed by atoms with Crippen LogP contribution < -0.4 is 19.1 Å². The fourth-order valence-corrected chi connectivity index (χ4v) is 2.96. The Hall–Kier alpha value is -3.25. The molecule has 0 aliphatic heterocycles. The van der Waals surface area contributed by atoms with Gasteiger partial charge in [-0.3, -0.25) is 4.79 Å². The molecule has 1 aromatic heterocycles. The average Bonchev–Trinajstić information content (AvgIpc) is 2.73. The molecule has 0 saturated heterocycles. The molecule has 0 aliphatic rings. The molecule has 1 amide bonds. The van der Waals surface area contributed by atoms with Gasteiger partial charge in [-0.15, -0.1) is 0 Å². The SMILES string of the molecule is COc1ccc(Oc2nc(Cl)ccc2N(Cc2ccccc2OC)C(C)=O)cc1. The van der Waals surface area contributed by atoms with E-state index < -0.39 is 0 Å². The first-order valence-electron chi connectivity index (χ1n) is 8.90. The molecule has 0 fully saturated rings. The van der Waals surface area contributed by atoms with Gasteiger partial charge in [0.05, 0.1) is 20.8 Å². The minimum atomic E-state index is -0.167. The summed E-state index contributed by atoms with van der Waals surface area (Å²) in [5.41, 5.74) is 1.36. The number of hydrogen-bond acceptors (Lipinski definition) is 5. The lowest BCUT2D eigenvalue weighted by molar-refractivity contribution is -0.116. The van der Waals surface area contributed by atoms with E-state index in [2.05, 4.69) is 4.98 Å². The second kappa shape index (κ2) is 9.30. The third-order valence-corrected chi connectivity index (χ3v) is 4.48. The van der Waals surface area contributed by atoms with Gasteiger partial charge in [0.15, 0.2) is 0 Å². The van der Waals surface area contributed by atoms with E-state index in [1.165, 1.54) is 6.92 Å². The van der Waals surface area contributed by atoms with E-state index in [0.717, 1.165) is 5.56 Å². The number of rotatable bonds is 7. The van der Waals surface area contributed by atoms with Gasteiger partial charge in [0, 0.05) is 12.5 Å². The van der Waals surface area contributed by atoms with Crippen LogP contribution in [-0.2, 0) is 11.3 Å². The summed E-state index contributed by atoms with van der Waals surface area (Å²) in [7, 11) is 3.19. The molecule has 0 radical (unpaired) electrons. The summed E-state index contributed by atoms with van der Waals surface area (Å²) in [5.74, 6) is 2.01. The number of aromatic nitrogens is 1. The van der Waals surface area contributed by atoms with E-state index >= 15 is 0 Å². The summed E-state index contributed by atoms with van der Waals surface area (Å²) in [6.07, 6.45) is 0. The number of hydrogen-bond donors (Lipinski definition) is 0. The second-order valence-corrected chi connectivity index (χ2v) is 6.54. The lowest BCUT2D eigenvalue weighted by atomic mass is 10.1. The van der Waals surface area contributed by atoms with Crippen LogP contribution in [0.15, 0.2) is 60.7 Å². The number of amides is 1. The zero-order valence-corrected chi connectivity index (χ0v) is 17.1. The van der Waals surface area contributed by atoms with Crippen LogP contribution in [0, 0.1) is 0 Å². The molecule has 6 nitrogen and oxygen atoms in total. The molecule has 0 spiro atoms. The highest BCUT2D eigenvalue weighted by Gasteiger charge is 2.20. The molecule has 3 aromatic rings. The predicted molar refractivity (Wildman–Crippen MR) is 112 cm³/mol. The number of ether oxygens (including phenoxy) is 3. The number of halogens is 1. The summed E-state index contributed by atoms with van der Waals surface area (Å²) < 4.78 is 16.5. The number of anilines is 1. The molecule has 29 heavy (non-hydrogen) atoms. The minimum Gasteiger partial charge on any atom is -0.497 e. The minimum absolute atomic E-state index is 0.167. The van der Waals surface area contributed by atoms with Gasteiger partial charge in [0.1, 0.15) is 28.1 Å². The van der Waals surface area contributed by atoms with Crippen molar-refractivity contribution in [2.75, 3.05) is 19.1 Å². The van der Waals surface area contributed by atoms with Crippen LogP contribution in [-0.4, -0.2) is 25.1 Å². The third-order valence-electron chi connectivity index (χ3n) is 4.27. The normalized spacial score (nSPS) is 10.3. The van der Waals surface area contributed by atoms with Crippen molar-refractivity contribution in [3.63, 3.8) is 0 Å². The van der Waals surface area contributed by atoms with E-state index in [9.17, 15) is 4.79 Å². The van der Waals surface area contributed by atoms with Crippen molar-refractivity contribution < 1.29 is 19.0 Å². The van der Waals surface area contributed by atoms with Gasteiger partial charge in [-0.1, -0.05) is 29.8 Å². The van der Waals surface area contributed by atoms with Crippen LogP contribution in [0.2, 0.25) is 5.15 Å². The second-order valence-electron chi connectivity index (χ2n) is 6.15. The highest BCUT2D eigenvalue weighted by atomic mass is 35.5. The summed E-state index contributed by atoms with van der Waals surface area (Å²) >= 11 is 6.09. The molecule has 0 bridgehead atoms. The van der Waals surface area contributed by atoms with Crippen molar-refractivity contribution >= 4 is 23.2 Å². The molecule has 0 unspecified atom stereocenters. The molecule has 0 aliphatic carbocycles. The van der Waals surface area contributed by atoms with Crippen molar-refractivity contribution in [1.29, 1.82) is 0 Å².